The molecule has 1 aromatic rings. The van der Waals surface area contributed by atoms with Gasteiger partial charge in [0.1, 0.15) is 0 Å². The van der Waals surface area contributed by atoms with Crippen LogP contribution in [-0.4, -0.2) is 29.8 Å². The number of hydrogen-bond acceptors (Lipinski definition) is 4. The van der Waals surface area contributed by atoms with Crippen molar-refractivity contribution in [1.82, 2.24) is 10.3 Å². The first-order valence-corrected chi connectivity index (χ1v) is 6.38. The molecule has 18 heavy (non-hydrogen) atoms. The number of rotatable bonds is 3. The maximum atomic E-state index is 14.3. The zero-order valence-electron chi connectivity index (χ0n) is 10.6. The number of aromatic nitrogens is 1. The highest BCUT2D eigenvalue weighted by atomic mass is 19.1. The summed E-state index contributed by atoms with van der Waals surface area (Å²) < 4.78 is 19.4. The zero-order valence-corrected chi connectivity index (χ0v) is 10.6. The smallest absolute Gasteiger partial charge is 0.250 e. The van der Waals surface area contributed by atoms with E-state index < -0.39 is 11.4 Å². The second-order valence-electron chi connectivity index (χ2n) is 4.55. The van der Waals surface area contributed by atoms with E-state index in [4.69, 9.17) is 4.74 Å². The molecular formula is C13H19FN2O2. The molecule has 5 heteroatoms. The summed E-state index contributed by atoms with van der Waals surface area (Å²) in [6.45, 7) is 3.67. The van der Waals surface area contributed by atoms with Crippen LogP contribution in [0.15, 0.2) is 12.3 Å². The quantitative estimate of drug-likeness (QED) is 0.860. The minimum Gasteiger partial charge on any atom is -0.476 e. The summed E-state index contributed by atoms with van der Waals surface area (Å²) in [6, 6.07) is 1.54. The van der Waals surface area contributed by atoms with Crippen LogP contribution in [0, 0.1) is 5.82 Å². The number of halogens is 1. The molecule has 0 aromatic carbocycles. The SMILES string of the molecule is CCOc1nccc(C2(O)CCCNCC2)c1F. The molecular weight excluding hydrogens is 235 g/mol. The third-order valence-corrected chi connectivity index (χ3v) is 3.30. The average Bonchev–Trinajstić information content (AvgIpc) is 2.58. The summed E-state index contributed by atoms with van der Waals surface area (Å²) in [5.41, 5.74) is -0.827. The molecule has 1 aromatic heterocycles. The Bertz CT molecular complexity index is 404. The van der Waals surface area contributed by atoms with Gasteiger partial charge in [-0.05, 0) is 45.3 Å². The van der Waals surface area contributed by atoms with Gasteiger partial charge in [0.2, 0.25) is 0 Å². The van der Waals surface area contributed by atoms with E-state index in [-0.39, 0.29) is 5.88 Å². The first-order chi connectivity index (χ1) is 8.67. The van der Waals surface area contributed by atoms with E-state index in [2.05, 4.69) is 10.3 Å². The van der Waals surface area contributed by atoms with Crippen LogP contribution in [0.3, 0.4) is 0 Å². The van der Waals surface area contributed by atoms with Crippen LogP contribution in [-0.2, 0) is 5.60 Å². The summed E-state index contributed by atoms with van der Waals surface area (Å²) in [5, 5.41) is 13.8. The predicted octanol–water partition coefficient (Wildman–Crippen LogP) is 1.58. The molecule has 1 fully saturated rings. The van der Waals surface area contributed by atoms with Gasteiger partial charge in [-0.3, -0.25) is 0 Å². The predicted molar refractivity (Wildman–Crippen MR) is 66.0 cm³/mol. The summed E-state index contributed by atoms with van der Waals surface area (Å²) in [6.07, 6.45) is 3.36. The molecule has 1 unspecified atom stereocenters. The molecule has 0 saturated carbocycles. The van der Waals surface area contributed by atoms with Gasteiger partial charge in [0.05, 0.1) is 12.2 Å². The van der Waals surface area contributed by atoms with Crippen molar-refractivity contribution in [3.8, 4) is 5.88 Å². The Kier molecular flexibility index (Phi) is 4.14. The fraction of sp³-hybridized carbons (Fsp3) is 0.615. The highest BCUT2D eigenvalue weighted by Crippen LogP contribution is 2.34. The summed E-state index contributed by atoms with van der Waals surface area (Å²) >= 11 is 0. The number of hydrogen-bond donors (Lipinski definition) is 2. The van der Waals surface area contributed by atoms with Crippen LogP contribution in [0.5, 0.6) is 5.88 Å². The van der Waals surface area contributed by atoms with Crippen molar-refractivity contribution in [2.45, 2.75) is 31.8 Å². The molecule has 0 amide bonds. The summed E-state index contributed by atoms with van der Waals surface area (Å²) in [4.78, 5) is 3.85. The Morgan fingerprint density at radius 1 is 1.50 bits per heavy atom. The first kappa shape index (κ1) is 13.2. The molecule has 1 atom stereocenters. The molecule has 0 spiro atoms. The number of ether oxygens (including phenoxy) is 1. The number of pyridine rings is 1. The van der Waals surface area contributed by atoms with Gasteiger partial charge in [0.15, 0.2) is 5.82 Å². The van der Waals surface area contributed by atoms with Crippen LogP contribution < -0.4 is 10.1 Å². The molecule has 2 N–H and O–H groups in total. The molecule has 2 heterocycles. The molecule has 100 valence electrons. The van der Waals surface area contributed by atoms with Gasteiger partial charge < -0.3 is 15.2 Å². The van der Waals surface area contributed by atoms with Crippen molar-refractivity contribution in [3.63, 3.8) is 0 Å². The van der Waals surface area contributed by atoms with Crippen LogP contribution >= 0.6 is 0 Å². The van der Waals surface area contributed by atoms with Gasteiger partial charge in [-0.15, -0.1) is 0 Å². The van der Waals surface area contributed by atoms with Crippen LogP contribution in [0.1, 0.15) is 31.7 Å². The number of nitrogens with zero attached hydrogens (tertiary/aromatic N) is 1. The molecule has 2 rings (SSSR count). The zero-order chi connectivity index (χ0) is 13.0. The van der Waals surface area contributed by atoms with E-state index in [9.17, 15) is 9.50 Å². The number of nitrogens with one attached hydrogen (secondary N) is 1. The standard InChI is InChI=1S/C13H19FN2O2/c1-2-18-12-11(14)10(4-8-16-12)13(17)5-3-7-15-9-6-13/h4,8,15,17H,2-3,5-7,9H2,1H3. The lowest BCUT2D eigenvalue weighted by Gasteiger charge is -2.27. The second kappa shape index (κ2) is 5.63. The van der Waals surface area contributed by atoms with Crippen LogP contribution in [0.4, 0.5) is 4.39 Å². The molecule has 1 aliphatic rings. The maximum Gasteiger partial charge on any atom is 0.250 e. The van der Waals surface area contributed by atoms with Crippen molar-refractivity contribution in [1.29, 1.82) is 0 Å². The largest absolute Gasteiger partial charge is 0.476 e. The lowest BCUT2D eigenvalue weighted by Crippen LogP contribution is -2.28. The van der Waals surface area contributed by atoms with Crippen LogP contribution in [0.2, 0.25) is 0 Å². The van der Waals surface area contributed by atoms with E-state index >= 15 is 0 Å². The Balaban J connectivity index is 2.33. The van der Waals surface area contributed by atoms with Crippen molar-refractivity contribution >= 4 is 0 Å². The van der Waals surface area contributed by atoms with Gasteiger partial charge in [-0.25, -0.2) is 9.37 Å². The van der Waals surface area contributed by atoms with E-state index in [0.29, 0.717) is 31.6 Å². The highest BCUT2D eigenvalue weighted by molar-refractivity contribution is 5.29. The van der Waals surface area contributed by atoms with Gasteiger partial charge in [-0.1, -0.05) is 0 Å². The fourth-order valence-electron chi connectivity index (χ4n) is 2.34. The van der Waals surface area contributed by atoms with E-state index in [1.165, 1.54) is 6.20 Å². The van der Waals surface area contributed by atoms with E-state index in [1.54, 1.807) is 13.0 Å². The molecule has 0 aliphatic carbocycles. The van der Waals surface area contributed by atoms with Crippen LogP contribution in [0.25, 0.3) is 0 Å². The third kappa shape index (κ3) is 2.62. The minimum atomic E-state index is -1.12. The van der Waals surface area contributed by atoms with E-state index in [1.807, 2.05) is 0 Å². The molecule has 4 nitrogen and oxygen atoms in total. The van der Waals surface area contributed by atoms with Crippen molar-refractivity contribution in [2.75, 3.05) is 19.7 Å². The normalized spacial score (nSPS) is 24.6. The number of aliphatic hydroxyl groups is 1. The monoisotopic (exact) mass is 254 g/mol. The second-order valence-corrected chi connectivity index (χ2v) is 4.55. The maximum absolute atomic E-state index is 14.3. The highest BCUT2D eigenvalue weighted by Gasteiger charge is 2.34. The lowest BCUT2D eigenvalue weighted by molar-refractivity contribution is 0.0198. The van der Waals surface area contributed by atoms with Gasteiger partial charge >= 0.3 is 0 Å². The molecule has 0 bridgehead atoms. The lowest BCUT2D eigenvalue weighted by atomic mass is 9.87. The van der Waals surface area contributed by atoms with Gasteiger partial charge in [0.25, 0.3) is 5.88 Å². The van der Waals surface area contributed by atoms with Crippen molar-refractivity contribution in [3.05, 3.63) is 23.6 Å². The topological polar surface area (TPSA) is 54.4 Å². The van der Waals surface area contributed by atoms with Gasteiger partial charge in [-0.2, -0.15) is 0 Å². The Morgan fingerprint density at radius 3 is 3.11 bits per heavy atom. The minimum absolute atomic E-state index is 0.0272. The van der Waals surface area contributed by atoms with Gasteiger partial charge in [0, 0.05) is 11.8 Å². The summed E-state index contributed by atoms with van der Waals surface area (Å²) in [5.74, 6) is -0.565. The average molecular weight is 254 g/mol. The van der Waals surface area contributed by atoms with Crippen molar-refractivity contribution < 1.29 is 14.2 Å². The fourth-order valence-corrected chi connectivity index (χ4v) is 2.34. The van der Waals surface area contributed by atoms with E-state index in [0.717, 1.165) is 13.0 Å². The Hall–Kier alpha value is -1.20. The molecule has 0 radical (unpaired) electrons. The Morgan fingerprint density at radius 2 is 2.33 bits per heavy atom. The third-order valence-electron chi connectivity index (χ3n) is 3.30. The Labute approximate surface area is 106 Å². The molecule has 1 saturated heterocycles. The van der Waals surface area contributed by atoms with Crippen molar-refractivity contribution in [2.24, 2.45) is 0 Å². The first-order valence-electron chi connectivity index (χ1n) is 6.38. The summed E-state index contributed by atoms with van der Waals surface area (Å²) in [7, 11) is 0. The molecule has 1 aliphatic heterocycles.